The van der Waals surface area contributed by atoms with Gasteiger partial charge in [0.25, 0.3) is 0 Å². The van der Waals surface area contributed by atoms with E-state index in [4.69, 9.17) is 31.3 Å². The van der Waals surface area contributed by atoms with Crippen LogP contribution in [0, 0.1) is 0 Å². The van der Waals surface area contributed by atoms with Gasteiger partial charge in [0.1, 0.15) is 5.79 Å². The molecule has 0 saturated carbocycles. The van der Waals surface area contributed by atoms with Gasteiger partial charge in [0.05, 0.1) is 32.7 Å². The van der Waals surface area contributed by atoms with E-state index in [1.54, 1.807) is 0 Å². The molecule has 26 heavy (non-hydrogen) atoms. The molecule has 0 aliphatic carbocycles. The molecule has 0 bridgehead atoms. The van der Waals surface area contributed by atoms with E-state index in [0.29, 0.717) is 4.90 Å². The largest absolute Gasteiger partial charge is 0.480 e. The fourth-order valence-corrected chi connectivity index (χ4v) is 2.05. The van der Waals surface area contributed by atoms with Gasteiger partial charge in [0, 0.05) is 6.54 Å². The van der Waals surface area contributed by atoms with E-state index >= 15 is 0 Å². The molecule has 1 unspecified atom stereocenters. The first-order valence-electron chi connectivity index (χ1n) is 6.96. The molecule has 14 nitrogen and oxygen atoms in total. The molecule has 0 saturated heterocycles. The smallest absolute Gasteiger partial charge is 0.317 e. The molecule has 0 heterocycles. The Kier molecular flexibility index (Phi) is 9.14. The molecule has 0 amide bonds. The predicted octanol–water partition coefficient (Wildman–Crippen LogP) is -3.78. The van der Waals surface area contributed by atoms with Gasteiger partial charge in [-0.25, -0.2) is 0 Å². The second-order valence-corrected chi connectivity index (χ2v) is 5.25. The first-order chi connectivity index (χ1) is 11.9. The lowest BCUT2D eigenvalue weighted by molar-refractivity contribution is -0.150. The molecule has 0 spiro atoms. The van der Waals surface area contributed by atoms with Crippen LogP contribution in [-0.2, 0) is 24.0 Å². The van der Waals surface area contributed by atoms with Crippen LogP contribution in [-0.4, -0.2) is 110 Å². The molecule has 0 aliphatic heterocycles. The third kappa shape index (κ3) is 9.48. The number of rotatable bonds is 14. The fraction of sp³-hybridized carbons (Fsp3) is 0.583. The number of aliphatic carboxylic acids is 5. The van der Waals surface area contributed by atoms with E-state index in [1.165, 1.54) is 0 Å². The summed E-state index contributed by atoms with van der Waals surface area (Å²) in [6, 6.07) is 0. The summed E-state index contributed by atoms with van der Waals surface area (Å²) in [5.41, 5.74) is 5.94. The van der Waals surface area contributed by atoms with Crippen LogP contribution in [0.5, 0.6) is 0 Å². The van der Waals surface area contributed by atoms with E-state index < -0.39 is 74.9 Å². The summed E-state index contributed by atoms with van der Waals surface area (Å²) in [5.74, 6) is -9.37. The Morgan fingerprint density at radius 2 is 1.12 bits per heavy atom. The Morgan fingerprint density at radius 1 is 0.731 bits per heavy atom. The van der Waals surface area contributed by atoms with Gasteiger partial charge in [0.2, 0.25) is 0 Å². The zero-order valence-corrected chi connectivity index (χ0v) is 13.5. The van der Waals surface area contributed by atoms with Crippen molar-refractivity contribution in [2.45, 2.75) is 5.79 Å². The molecule has 0 aromatic rings. The van der Waals surface area contributed by atoms with Gasteiger partial charge in [-0.05, 0) is 0 Å². The molecule has 0 radical (unpaired) electrons. The zero-order valence-electron chi connectivity index (χ0n) is 13.5. The normalized spacial score (nSPS) is 13.3. The summed E-state index contributed by atoms with van der Waals surface area (Å²) >= 11 is 0. The monoisotopic (exact) mass is 380 g/mol. The Balaban J connectivity index is 5.72. The summed E-state index contributed by atoms with van der Waals surface area (Å²) in [5, 5.41) is 46.6. The Hall–Kier alpha value is -2.81. The van der Waals surface area contributed by atoms with Gasteiger partial charge in [-0.15, -0.1) is 0 Å². The third-order valence-corrected chi connectivity index (χ3v) is 2.94. The van der Waals surface area contributed by atoms with Crippen molar-refractivity contribution >= 4 is 29.8 Å². The second kappa shape index (κ2) is 10.2. The molecular formula is C12H20N4O10. The highest BCUT2D eigenvalue weighted by Gasteiger charge is 2.38. The number of carboxylic acid groups (broad SMARTS) is 5. The van der Waals surface area contributed by atoms with E-state index in [9.17, 15) is 24.0 Å². The summed E-state index contributed by atoms with van der Waals surface area (Å²) in [4.78, 5) is 55.9. The number of hydrogen-bond acceptors (Lipinski definition) is 9. The van der Waals surface area contributed by atoms with Crippen LogP contribution in [0.3, 0.4) is 0 Å². The molecule has 0 fully saturated rings. The standard InChI is InChI=1S/C12H20N4O10/c13-12(14-1-7(17)18,16(4-10(23)24)5-11(25)26)6-15(2-8(19)20)3-9(21)22/h14H,1-6,13H2,(H,17,18)(H,19,20)(H,21,22)(H,23,24)(H,25,26). The molecule has 0 aliphatic rings. The van der Waals surface area contributed by atoms with E-state index in [1.807, 2.05) is 0 Å². The molecule has 148 valence electrons. The number of carboxylic acids is 5. The predicted molar refractivity (Wildman–Crippen MR) is 81.1 cm³/mol. The average Bonchev–Trinajstić information content (AvgIpc) is 2.41. The summed E-state index contributed by atoms with van der Waals surface area (Å²) in [6.07, 6.45) is 0. The van der Waals surface area contributed by atoms with Gasteiger partial charge in [-0.3, -0.25) is 44.8 Å². The van der Waals surface area contributed by atoms with Crippen molar-refractivity contribution < 1.29 is 49.5 Å². The maximum atomic E-state index is 11.0. The number of carbonyl (C=O) groups is 5. The van der Waals surface area contributed by atoms with E-state index in [0.717, 1.165) is 4.90 Å². The van der Waals surface area contributed by atoms with Crippen LogP contribution in [0.25, 0.3) is 0 Å². The van der Waals surface area contributed by atoms with Crippen LogP contribution in [0.15, 0.2) is 0 Å². The highest BCUT2D eigenvalue weighted by molar-refractivity contribution is 5.74. The minimum absolute atomic E-state index is 0.650. The number of nitrogens with zero attached hydrogens (tertiary/aromatic N) is 2. The summed E-state index contributed by atoms with van der Waals surface area (Å²) in [7, 11) is 0. The van der Waals surface area contributed by atoms with Crippen LogP contribution in [0.2, 0.25) is 0 Å². The van der Waals surface area contributed by atoms with Crippen molar-refractivity contribution in [1.82, 2.24) is 15.1 Å². The number of hydrogen-bond donors (Lipinski definition) is 7. The topological polar surface area (TPSA) is 231 Å². The third-order valence-electron chi connectivity index (χ3n) is 2.94. The molecule has 1 atom stereocenters. The molecule has 0 aromatic heterocycles. The summed E-state index contributed by atoms with van der Waals surface area (Å²) < 4.78 is 0. The van der Waals surface area contributed by atoms with Gasteiger partial charge in [-0.2, -0.15) is 0 Å². The quantitative estimate of drug-likeness (QED) is 0.143. The van der Waals surface area contributed by atoms with E-state index in [-0.39, 0.29) is 0 Å². The van der Waals surface area contributed by atoms with Crippen molar-refractivity contribution in [2.75, 3.05) is 39.3 Å². The van der Waals surface area contributed by atoms with Gasteiger partial charge in [-0.1, -0.05) is 0 Å². The van der Waals surface area contributed by atoms with Crippen molar-refractivity contribution in [1.29, 1.82) is 0 Å². The van der Waals surface area contributed by atoms with E-state index in [2.05, 4.69) is 5.32 Å². The van der Waals surface area contributed by atoms with Gasteiger partial charge < -0.3 is 25.5 Å². The Bertz CT molecular complexity index is 536. The number of nitrogens with one attached hydrogen (secondary N) is 1. The number of nitrogens with two attached hydrogens (primary N) is 1. The van der Waals surface area contributed by atoms with Crippen molar-refractivity contribution in [2.24, 2.45) is 5.73 Å². The first-order valence-corrected chi connectivity index (χ1v) is 6.96. The van der Waals surface area contributed by atoms with Gasteiger partial charge >= 0.3 is 29.8 Å². The van der Waals surface area contributed by atoms with Crippen molar-refractivity contribution in [3.63, 3.8) is 0 Å². The lowest BCUT2D eigenvalue weighted by Gasteiger charge is -2.42. The summed E-state index contributed by atoms with van der Waals surface area (Å²) in [6.45, 7) is -4.98. The molecule has 0 aromatic carbocycles. The minimum Gasteiger partial charge on any atom is -0.480 e. The zero-order chi connectivity index (χ0) is 20.5. The van der Waals surface area contributed by atoms with Crippen molar-refractivity contribution in [3.8, 4) is 0 Å². The molecule has 0 rings (SSSR count). The molecule has 8 N–H and O–H groups in total. The average molecular weight is 380 g/mol. The van der Waals surface area contributed by atoms with Gasteiger partial charge in [0.15, 0.2) is 0 Å². The maximum absolute atomic E-state index is 11.0. The molecule has 14 heteroatoms. The highest BCUT2D eigenvalue weighted by atomic mass is 16.4. The first kappa shape index (κ1) is 23.2. The SMILES string of the molecule is NC(CN(CC(=O)O)CC(=O)O)(NCC(=O)O)N(CC(=O)O)CC(=O)O. The van der Waals surface area contributed by atoms with Crippen molar-refractivity contribution in [3.05, 3.63) is 0 Å². The minimum atomic E-state index is -2.15. The van der Waals surface area contributed by atoms with Crippen LogP contribution < -0.4 is 11.1 Å². The molecular weight excluding hydrogens is 360 g/mol. The van der Waals surface area contributed by atoms with Crippen LogP contribution in [0.4, 0.5) is 0 Å². The second-order valence-electron chi connectivity index (χ2n) is 5.25. The van der Waals surface area contributed by atoms with Crippen LogP contribution >= 0.6 is 0 Å². The maximum Gasteiger partial charge on any atom is 0.317 e. The Labute approximate surface area is 146 Å². The van der Waals surface area contributed by atoms with Crippen LogP contribution in [0.1, 0.15) is 0 Å². The lowest BCUT2D eigenvalue weighted by atomic mass is 10.2. The fourth-order valence-electron chi connectivity index (χ4n) is 2.05. The highest BCUT2D eigenvalue weighted by Crippen LogP contribution is 2.09. The lowest BCUT2D eigenvalue weighted by Crippen LogP contribution is -2.72. The Morgan fingerprint density at radius 3 is 1.42 bits per heavy atom.